The minimum atomic E-state index is -0.0843. The number of hydrogen-bond acceptors (Lipinski definition) is 6. The highest BCUT2D eigenvalue weighted by atomic mass is 16.5. The number of ether oxygens (including phenoxy) is 2. The highest BCUT2D eigenvalue weighted by Crippen LogP contribution is 2.12. The molecular formula is C24H32N2O4. The van der Waals surface area contributed by atoms with E-state index >= 15 is 0 Å². The van der Waals surface area contributed by atoms with Gasteiger partial charge in [0.05, 0.1) is 45.1 Å². The summed E-state index contributed by atoms with van der Waals surface area (Å²) in [5.74, 6) is 0. The van der Waals surface area contributed by atoms with Gasteiger partial charge in [-0.3, -0.25) is 9.80 Å². The molecule has 0 unspecified atom stereocenters. The number of aldehydes is 1. The van der Waals surface area contributed by atoms with Crippen molar-refractivity contribution >= 4 is 6.29 Å². The number of aliphatic hydroxyl groups excluding tert-OH is 1. The number of morpholine rings is 2. The van der Waals surface area contributed by atoms with Crippen LogP contribution in [0.5, 0.6) is 0 Å². The Labute approximate surface area is 179 Å². The van der Waals surface area contributed by atoms with Crippen LogP contribution in [0, 0.1) is 0 Å². The fourth-order valence-corrected chi connectivity index (χ4v) is 3.68. The molecule has 0 bridgehead atoms. The summed E-state index contributed by atoms with van der Waals surface area (Å²) >= 11 is 0. The van der Waals surface area contributed by atoms with Crippen molar-refractivity contribution in [2.45, 2.75) is 25.2 Å². The molecule has 0 amide bonds. The quantitative estimate of drug-likeness (QED) is 0.732. The van der Waals surface area contributed by atoms with E-state index in [1.165, 1.54) is 11.1 Å². The van der Waals surface area contributed by atoms with Gasteiger partial charge in [-0.25, -0.2) is 0 Å². The molecule has 1 N–H and O–H groups in total. The van der Waals surface area contributed by atoms with Crippen LogP contribution < -0.4 is 0 Å². The van der Waals surface area contributed by atoms with E-state index in [-0.39, 0.29) is 18.7 Å². The molecule has 0 aromatic heterocycles. The van der Waals surface area contributed by atoms with Crippen LogP contribution in [0.2, 0.25) is 0 Å². The Balaban J connectivity index is 0.000000171. The van der Waals surface area contributed by atoms with Crippen molar-refractivity contribution in [3.8, 4) is 0 Å². The Bertz CT molecular complexity index is 729. The third-order valence-electron chi connectivity index (χ3n) is 5.45. The van der Waals surface area contributed by atoms with Gasteiger partial charge >= 0.3 is 0 Å². The van der Waals surface area contributed by atoms with Gasteiger partial charge in [0, 0.05) is 26.2 Å². The first-order chi connectivity index (χ1) is 14.8. The molecule has 2 atom stereocenters. The maximum absolute atomic E-state index is 10.8. The van der Waals surface area contributed by atoms with E-state index in [0.717, 1.165) is 45.7 Å². The summed E-state index contributed by atoms with van der Waals surface area (Å²) in [7, 11) is 0. The summed E-state index contributed by atoms with van der Waals surface area (Å²) in [5.41, 5.74) is 2.53. The summed E-state index contributed by atoms with van der Waals surface area (Å²) in [4.78, 5) is 15.3. The van der Waals surface area contributed by atoms with E-state index in [1.807, 2.05) is 36.4 Å². The van der Waals surface area contributed by atoms with Crippen LogP contribution in [0.4, 0.5) is 0 Å². The summed E-state index contributed by atoms with van der Waals surface area (Å²) in [6.07, 6.45) is 0.974. The SMILES string of the molecule is O=C[C@@H]1COCCN1Cc1ccccc1.OC[C@@H]1COCCN1Cc1ccccc1. The first-order valence-corrected chi connectivity index (χ1v) is 10.6. The van der Waals surface area contributed by atoms with Crippen LogP contribution in [0.3, 0.4) is 0 Å². The van der Waals surface area contributed by atoms with Gasteiger partial charge in [-0.2, -0.15) is 0 Å². The molecule has 30 heavy (non-hydrogen) atoms. The Kier molecular flexibility index (Phi) is 9.47. The molecule has 0 aliphatic carbocycles. The number of rotatable bonds is 6. The molecule has 2 aliphatic heterocycles. The molecule has 0 radical (unpaired) electrons. The lowest BCUT2D eigenvalue weighted by Crippen LogP contribution is -2.46. The average molecular weight is 413 g/mol. The molecule has 0 saturated carbocycles. The summed E-state index contributed by atoms with van der Waals surface area (Å²) in [5, 5.41) is 9.22. The predicted octanol–water partition coefficient (Wildman–Crippen LogP) is 1.97. The second kappa shape index (κ2) is 12.6. The molecule has 2 heterocycles. The molecule has 4 rings (SSSR count). The minimum Gasteiger partial charge on any atom is -0.395 e. The van der Waals surface area contributed by atoms with Crippen molar-refractivity contribution in [1.82, 2.24) is 9.80 Å². The fraction of sp³-hybridized carbons (Fsp3) is 0.458. The van der Waals surface area contributed by atoms with Crippen LogP contribution >= 0.6 is 0 Å². The minimum absolute atomic E-state index is 0.0843. The number of carbonyl (C=O) groups excluding carboxylic acids is 1. The van der Waals surface area contributed by atoms with Gasteiger partial charge in [0.25, 0.3) is 0 Å². The van der Waals surface area contributed by atoms with E-state index in [0.29, 0.717) is 13.2 Å². The van der Waals surface area contributed by atoms with Gasteiger partial charge in [-0.1, -0.05) is 60.7 Å². The normalized spacial score (nSPS) is 22.7. The fourth-order valence-electron chi connectivity index (χ4n) is 3.68. The first kappa shape index (κ1) is 22.6. The number of nitrogens with zero attached hydrogens (tertiary/aromatic N) is 2. The van der Waals surface area contributed by atoms with Gasteiger partial charge in [-0.15, -0.1) is 0 Å². The van der Waals surface area contributed by atoms with Gasteiger partial charge in [0.15, 0.2) is 0 Å². The average Bonchev–Trinajstić information content (AvgIpc) is 2.82. The van der Waals surface area contributed by atoms with Gasteiger partial charge < -0.3 is 19.4 Å². The number of carbonyl (C=O) groups is 1. The molecular weight excluding hydrogens is 380 g/mol. The molecule has 2 aliphatic rings. The third kappa shape index (κ3) is 7.00. The lowest BCUT2D eigenvalue weighted by molar-refractivity contribution is -0.118. The monoisotopic (exact) mass is 412 g/mol. The lowest BCUT2D eigenvalue weighted by atomic mass is 10.1. The third-order valence-corrected chi connectivity index (χ3v) is 5.45. The number of benzene rings is 2. The topological polar surface area (TPSA) is 62.2 Å². The largest absolute Gasteiger partial charge is 0.395 e. The highest BCUT2D eigenvalue weighted by molar-refractivity contribution is 5.58. The second-order valence-electron chi connectivity index (χ2n) is 7.60. The molecule has 0 spiro atoms. The van der Waals surface area contributed by atoms with Gasteiger partial charge in [0.2, 0.25) is 0 Å². The van der Waals surface area contributed by atoms with Crippen LogP contribution in [0.15, 0.2) is 60.7 Å². The first-order valence-electron chi connectivity index (χ1n) is 10.6. The maximum atomic E-state index is 10.8. The molecule has 2 fully saturated rings. The zero-order valence-corrected chi connectivity index (χ0v) is 17.4. The Morgan fingerprint density at radius 2 is 1.37 bits per heavy atom. The number of aliphatic hydroxyl groups is 1. The molecule has 6 nitrogen and oxygen atoms in total. The van der Waals surface area contributed by atoms with Gasteiger partial charge in [0.1, 0.15) is 6.29 Å². The van der Waals surface area contributed by atoms with Crippen LogP contribution in [-0.2, 0) is 27.4 Å². The molecule has 6 heteroatoms. The van der Waals surface area contributed by atoms with E-state index in [9.17, 15) is 9.90 Å². The van der Waals surface area contributed by atoms with E-state index < -0.39 is 0 Å². The van der Waals surface area contributed by atoms with Crippen molar-refractivity contribution in [3.63, 3.8) is 0 Å². The maximum Gasteiger partial charge on any atom is 0.139 e. The van der Waals surface area contributed by atoms with Crippen molar-refractivity contribution in [3.05, 3.63) is 71.8 Å². The lowest BCUT2D eigenvalue weighted by Gasteiger charge is -2.34. The zero-order chi connectivity index (χ0) is 21.0. The van der Waals surface area contributed by atoms with Crippen LogP contribution in [0.1, 0.15) is 11.1 Å². The van der Waals surface area contributed by atoms with E-state index in [1.54, 1.807) is 0 Å². The standard InChI is InChI=1S/C12H17NO2.C12H15NO2/c2*14-9-12-10-15-7-6-13(12)8-11-4-2-1-3-5-11/h1-5,12,14H,6-10H2;1-5,9,12H,6-8,10H2/t2*12-/m11/s1. The molecule has 2 saturated heterocycles. The predicted molar refractivity (Wildman–Crippen MR) is 116 cm³/mol. The zero-order valence-electron chi connectivity index (χ0n) is 17.4. The van der Waals surface area contributed by atoms with Crippen LogP contribution in [0.25, 0.3) is 0 Å². The second-order valence-corrected chi connectivity index (χ2v) is 7.60. The summed E-state index contributed by atoms with van der Waals surface area (Å²) < 4.78 is 10.6. The molecule has 2 aromatic rings. The van der Waals surface area contributed by atoms with Crippen molar-refractivity contribution in [1.29, 1.82) is 0 Å². The smallest absolute Gasteiger partial charge is 0.139 e. The molecule has 2 aromatic carbocycles. The van der Waals surface area contributed by atoms with Crippen molar-refractivity contribution < 1.29 is 19.4 Å². The van der Waals surface area contributed by atoms with Gasteiger partial charge in [-0.05, 0) is 11.1 Å². The Hall–Kier alpha value is -2.09. The Morgan fingerprint density at radius 1 is 0.833 bits per heavy atom. The Morgan fingerprint density at radius 3 is 1.93 bits per heavy atom. The summed E-state index contributed by atoms with van der Waals surface area (Å²) in [6, 6.07) is 20.6. The van der Waals surface area contributed by atoms with Crippen molar-refractivity contribution in [2.24, 2.45) is 0 Å². The highest BCUT2D eigenvalue weighted by Gasteiger charge is 2.22. The van der Waals surface area contributed by atoms with E-state index in [4.69, 9.17) is 9.47 Å². The van der Waals surface area contributed by atoms with Crippen molar-refractivity contribution in [2.75, 3.05) is 46.1 Å². The van der Waals surface area contributed by atoms with E-state index in [2.05, 4.69) is 34.1 Å². The number of hydrogen-bond donors (Lipinski definition) is 1. The van der Waals surface area contributed by atoms with Crippen LogP contribution in [-0.4, -0.2) is 79.4 Å². The molecule has 162 valence electrons. The summed E-state index contributed by atoms with van der Waals surface area (Å²) in [6.45, 7) is 6.29.